The van der Waals surface area contributed by atoms with Crippen molar-refractivity contribution in [1.29, 1.82) is 0 Å². The predicted octanol–water partition coefficient (Wildman–Crippen LogP) is -1.33. The Labute approximate surface area is 66.3 Å². The molecule has 11 heavy (non-hydrogen) atoms. The number of nitrogens with two attached hydrogens (primary N) is 1. The molecule has 0 aromatic heterocycles. The molecule has 3 N–H and O–H groups in total. The fourth-order valence-corrected chi connectivity index (χ4v) is 0.882. The molecule has 0 spiro atoms. The largest absolute Gasteiger partial charge is 0.391 e. The van der Waals surface area contributed by atoms with Crippen molar-refractivity contribution in [2.24, 2.45) is 5.73 Å². The molecule has 0 aliphatic rings. The first kappa shape index (κ1) is 10.8. The van der Waals surface area contributed by atoms with Gasteiger partial charge in [0, 0.05) is 0 Å². The zero-order valence-electron chi connectivity index (χ0n) is 6.36. The standard InChI is InChI=1S/C5H13NO4S/c1-11(8,9)10-4-5(7)2-3-6/h5,7H,2-4,6H2,1H3/t5-/m0/s1. The van der Waals surface area contributed by atoms with E-state index in [1.807, 2.05) is 0 Å². The molecule has 0 bridgehead atoms. The molecule has 0 aliphatic carbocycles. The summed E-state index contributed by atoms with van der Waals surface area (Å²) in [6.07, 6.45) is 0.479. The average molecular weight is 183 g/mol. The van der Waals surface area contributed by atoms with E-state index in [9.17, 15) is 8.42 Å². The number of aliphatic hydroxyl groups is 1. The quantitative estimate of drug-likeness (QED) is 0.515. The molecule has 0 saturated heterocycles. The molecule has 68 valence electrons. The number of aliphatic hydroxyl groups excluding tert-OH is 1. The van der Waals surface area contributed by atoms with Crippen LogP contribution in [0.25, 0.3) is 0 Å². The normalized spacial score (nSPS) is 14.8. The minimum absolute atomic E-state index is 0.212. The van der Waals surface area contributed by atoms with Crippen LogP contribution in [0.5, 0.6) is 0 Å². The Morgan fingerprint density at radius 2 is 2.18 bits per heavy atom. The Kier molecular flexibility index (Phi) is 4.58. The third-order valence-corrected chi connectivity index (χ3v) is 1.54. The molecule has 0 fully saturated rings. The van der Waals surface area contributed by atoms with Crippen LogP contribution in [0, 0.1) is 0 Å². The summed E-state index contributed by atoms with van der Waals surface area (Å²) in [5.74, 6) is 0. The van der Waals surface area contributed by atoms with Gasteiger partial charge in [-0.1, -0.05) is 0 Å². The first-order valence-corrected chi connectivity index (χ1v) is 5.00. The van der Waals surface area contributed by atoms with Crippen molar-refractivity contribution >= 4 is 10.1 Å². The summed E-state index contributed by atoms with van der Waals surface area (Å²) in [6, 6.07) is 0. The van der Waals surface area contributed by atoms with Crippen molar-refractivity contribution in [3.63, 3.8) is 0 Å². The third kappa shape index (κ3) is 7.73. The highest BCUT2D eigenvalue weighted by Gasteiger charge is 2.07. The molecule has 0 saturated carbocycles. The van der Waals surface area contributed by atoms with Gasteiger partial charge in [-0.25, -0.2) is 0 Å². The highest BCUT2D eigenvalue weighted by molar-refractivity contribution is 7.85. The lowest BCUT2D eigenvalue weighted by molar-refractivity contribution is 0.106. The molecule has 0 radical (unpaired) electrons. The Hall–Kier alpha value is -0.170. The third-order valence-electron chi connectivity index (χ3n) is 0.974. The van der Waals surface area contributed by atoms with Gasteiger partial charge in [-0.3, -0.25) is 4.18 Å². The lowest BCUT2D eigenvalue weighted by Gasteiger charge is -2.07. The molecular formula is C5H13NO4S. The molecule has 0 aromatic carbocycles. The SMILES string of the molecule is CS(=O)(=O)OC[C@@H](O)CCN. The van der Waals surface area contributed by atoms with Crippen LogP contribution in [0.15, 0.2) is 0 Å². The van der Waals surface area contributed by atoms with Crippen molar-refractivity contribution < 1.29 is 17.7 Å². The van der Waals surface area contributed by atoms with Gasteiger partial charge in [-0.05, 0) is 13.0 Å². The molecule has 0 aliphatic heterocycles. The van der Waals surface area contributed by atoms with E-state index in [1.165, 1.54) is 0 Å². The van der Waals surface area contributed by atoms with Crippen LogP contribution in [-0.2, 0) is 14.3 Å². The summed E-state index contributed by atoms with van der Waals surface area (Å²) in [7, 11) is -3.44. The van der Waals surface area contributed by atoms with Crippen LogP contribution in [0.2, 0.25) is 0 Å². The zero-order valence-corrected chi connectivity index (χ0v) is 7.17. The maximum Gasteiger partial charge on any atom is 0.264 e. The second-order valence-electron chi connectivity index (χ2n) is 2.22. The maximum absolute atomic E-state index is 10.4. The highest BCUT2D eigenvalue weighted by Crippen LogP contribution is 1.94. The van der Waals surface area contributed by atoms with E-state index in [4.69, 9.17) is 10.8 Å². The fourth-order valence-electron chi connectivity index (χ4n) is 0.478. The Morgan fingerprint density at radius 3 is 2.55 bits per heavy atom. The van der Waals surface area contributed by atoms with Crippen LogP contribution >= 0.6 is 0 Å². The van der Waals surface area contributed by atoms with Crippen molar-refractivity contribution in [2.45, 2.75) is 12.5 Å². The molecule has 1 atom stereocenters. The van der Waals surface area contributed by atoms with Gasteiger partial charge in [0.15, 0.2) is 0 Å². The molecule has 0 unspecified atom stereocenters. The van der Waals surface area contributed by atoms with Crippen LogP contribution < -0.4 is 5.73 Å². The summed E-state index contributed by atoms with van der Waals surface area (Å²) in [5, 5.41) is 8.94. The van der Waals surface area contributed by atoms with Crippen molar-refractivity contribution in [2.75, 3.05) is 19.4 Å². The highest BCUT2D eigenvalue weighted by atomic mass is 32.2. The smallest absolute Gasteiger partial charge is 0.264 e. The summed E-state index contributed by atoms with van der Waals surface area (Å²) >= 11 is 0. The Morgan fingerprint density at radius 1 is 1.64 bits per heavy atom. The topological polar surface area (TPSA) is 89.6 Å². The van der Waals surface area contributed by atoms with E-state index in [2.05, 4.69) is 4.18 Å². The summed E-state index contributed by atoms with van der Waals surface area (Å²) < 4.78 is 25.1. The summed E-state index contributed by atoms with van der Waals surface area (Å²) in [5.41, 5.74) is 5.10. The van der Waals surface area contributed by atoms with Gasteiger partial charge in [0.25, 0.3) is 10.1 Å². The molecule has 0 rings (SSSR count). The van der Waals surface area contributed by atoms with Crippen LogP contribution in [-0.4, -0.2) is 39.0 Å². The van der Waals surface area contributed by atoms with Gasteiger partial charge in [-0.2, -0.15) is 8.42 Å². The van der Waals surface area contributed by atoms with Crippen LogP contribution in [0.1, 0.15) is 6.42 Å². The Balaban J connectivity index is 3.54. The average Bonchev–Trinajstić information content (AvgIpc) is 1.83. The van der Waals surface area contributed by atoms with Gasteiger partial charge in [0.05, 0.1) is 19.0 Å². The van der Waals surface area contributed by atoms with Crippen molar-refractivity contribution in [1.82, 2.24) is 0 Å². The van der Waals surface area contributed by atoms with Gasteiger partial charge >= 0.3 is 0 Å². The molecular weight excluding hydrogens is 170 g/mol. The second-order valence-corrected chi connectivity index (χ2v) is 3.86. The molecule has 0 heterocycles. The zero-order chi connectivity index (χ0) is 8.91. The van der Waals surface area contributed by atoms with Crippen molar-refractivity contribution in [3.05, 3.63) is 0 Å². The molecule has 5 nitrogen and oxygen atoms in total. The maximum atomic E-state index is 10.4. The van der Waals surface area contributed by atoms with E-state index in [0.717, 1.165) is 6.26 Å². The van der Waals surface area contributed by atoms with E-state index in [1.54, 1.807) is 0 Å². The first-order chi connectivity index (χ1) is 4.95. The van der Waals surface area contributed by atoms with Gasteiger partial charge in [0.2, 0.25) is 0 Å². The number of hydrogen-bond donors (Lipinski definition) is 2. The molecule has 0 amide bonds. The lowest BCUT2D eigenvalue weighted by atomic mass is 10.3. The van der Waals surface area contributed by atoms with E-state index >= 15 is 0 Å². The summed E-state index contributed by atoms with van der Waals surface area (Å²) in [6.45, 7) is 0.102. The van der Waals surface area contributed by atoms with Gasteiger partial charge in [0.1, 0.15) is 0 Å². The van der Waals surface area contributed by atoms with E-state index in [-0.39, 0.29) is 6.61 Å². The molecule has 6 heteroatoms. The first-order valence-electron chi connectivity index (χ1n) is 3.18. The summed E-state index contributed by atoms with van der Waals surface area (Å²) in [4.78, 5) is 0. The minimum Gasteiger partial charge on any atom is -0.391 e. The fraction of sp³-hybridized carbons (Fsp3) is 1.00. The predicted molar refractivity (Wildman–Crippen MR) is 40.5 cm³/mol. The van der Waals surface area contributed by atoms with Gasteiger partial charge in [-0.15, -0.1) is 0 Å². The van der Waals surface area contributed by atoms with Crippen molar-refractivity contribution in [3.8, 4) is 0 Å². The van der Waals surface area contributed by atoms with Crippen LogP contribution in [0.4, 0.5) is 0 Å². The van der Waals surface area contributed by atoms with E-state index < -0.39 is 16.2 Å². The second kappa shape index (κ2) is 4.66. The van der Waals surface area contributed by atoms with Crippen LogP contribution in [0.3, 0.4) is 0 Å². The monoisotopic (exact) mass is 183 g/mol. The minimum atomic E-state index is -3.44. The Bertz CT molecular complexity index is 189. The van der Waals surface area contributed by atoms with Gasteiger partial charge < -0.3 is 10.8 Å². The lowest BCUT2D eigenvalue weighted by Crippen LogP contribution is -2.21. The molecule has 0 aromatic rings. The number of rotatable bonds is 5. The van der Waals surface area contributed by atoms with E-state index in [0.29, 0.717) is 13.0 Å². The number of hydrogen-bond acceptors (Lipinski definition) is 5.